The number of phenols is 1. The van der Waals surface area contributed by atoms with Crippen LogP contribution in [-0.2, 0) is 22.7 Å². The van der Waals surface area contributed by atoms with Gasteiger partial charge in [-0.2, -0.15) is 0 Å². The van der Waals surface area contributed by atoms with E-state index in [0.717, 1.165) is 21.2 Å². The minimum atomic E-state index is -2.13. The highest BCUT2D eigenvalue weighted by Crippen LogP contribution is 2.46. The molecule has 15 heteroatoms. The molecule has 2 unspecified atom stereocenters. The Labute approximate surface area is 388 Å². The lowest BCUT2D eigenvalue weighted by molar-refractivity contribution is -0.115. The Balaban J connectivity index is 0.000000243. The van der Waals surface area contributed by atoms with E-state index in [-0.39, 0.29) is 40.2 Å². The van der Waals surface area contributed by atoms with Crippen molar-refractivity contribution in [3.63, 3.8) is 0 Å². The van der Waals surface area contributed by atoms with Gasteiger partial charge in [-0.15, -0.1) is 0 Å². The minimum absolute atomic E-state index is 0.0112. The Hall–Kier alpha value is -5.38. The molecule has 3 N–H and O–H groups in total. The number of nitrogens with one attached hydrogen (secondary N) is 2. The number of halogens is 2. The maximum Gasteiger partial charge on any atom is 0.322 e. The summed E-state index contributed by atoms with van der Waals surface area (Å²) in [7, 11) is 0.908. The van der Waals surface area contributed by atoms with Crippen molar-refractivity contribution in [2.75, 3.05) is 14.2 Å². The molecule has 0 aromatic heterocycles. The average Bonchev–Trinajstić information content (AvgIpc) is 3.22. The van der Waals surface area contributed by atoms with Crippen LogP contribution in [0.25, 0.3) is 0 Å². The van der Waals surface area contributed by atoms with E-state index in [2.05, 4.69) is 76.4 Å². The van der Waals surface area contributed by atoms with Crippen molar-refractivity contribution < 1.29 is 38.2 Å². The van der Waals surface area contributed by atoms with Gasteiger partial charge in [0.25, 0.3) is 8.32 Å². The summed E-state index contributed by atoms with van der Waals surface area (Å²) in [4.78, 5) is 54.5. The number of urea groups is 2. The van der Waals surface area contributed by atoms with Crippen LogP contribution in [0.15, 0.2) is 116 Å². The number of benzene rings is 4. The Morgan fingerprint density at radius 2 is 1.10 bits per heavy atom. The SMILES string of the molecule is COc1cc(C2NC(=O)N(Cc3ccccc3)C(C)=C2C(C)=O)cc(Br)c1O.COc1cc(C2NC(=O)N(Cc3ccccc3)C(C)=C2C(C)=O)cc(Br)c1O[Si](C)(C)C(C)(C)C. The van der Waals surface area contributed by atoms with Crippen LogP contribution in [0.5, 0.6) is 23.0 Å². The molecule has 0 fully saturated rings. The quantitative estimate of drug-likeness (QED) is 0.119. The summed E-state index contributed by atoms with van der Waals surface area (Å²) in [6, 6.07) is 24.6. The molecule has 12 nitrogen and oxygen atoms in total. The molecule has 2 aliphatic rings. The van der Waals surface area contributed by atoms with Crippen molar-refractivity contribution in [3.05, 3.63) is 139 Å². The summed E-state index contributed by atoms with van der Waals surface area (Å²) in [5, 5.41) is 16.0. The molecular formula is C48H56Br2N4O8Si. The average molecular weight is 1000 g/mol. The number of carbonyl (C=O) groups excluding carboxylic acids is 4. The third kappa shape index (κ3) is 10.9. The van der Waals surface area contributed by atoms with E-state index in [1.54, 1.807) is 36.0 Å². The van der Waals surface area contributed by atoms with Crippen LogP contribution in [0.1, 0.15) is 82.8 Å². The van der Waals surface area contributed by atoms with Crippen molar-refractivity contribution in [1.29, 1.82) is 0 Å². The van der Waals surface area contributed by atoms with Gasteiger partial charge in [-0.05, 0) is 124 Å². The Bertz CT molecular complexity index is 2450. The zero-order chi connectivity index (χ0) is 46.6. The Morgan fingerprint density at radius 1 is 0.698 bits per heavy atom. The van der Waals surface area contributed by atoms with Gasteiger partial charge in [0.2, 0.25) is 0 Å². The van der Waals surface area contributed by atoms with E-state index in [0.29, 0.717) is 57.2 Å². The molecule has 0 aliphatic carbocycles. The third-order valence-electron chi connectivity index (χ3n) is 11.7. The van der Waals surface area contributed by atoms with Crippen LogP contribution < -0.4 is 24.5 Å². The second-order valence-corrected chi connectivity index (χ2v) is 23.4. The second-order valence-electron chi connectivity index (χ2n) is 17.0. The van der Waals surface area contributed by atoms with E-state index in [4.69, 9.17) is 13.9 Å². The fourth-order valence-corrected chi connectivity index (χ4v) is 9.40. The molecule has 0 spiro atoms. The Morgan fingerprint density at radius 3 is 1.48 bits per heavy atom. The third-order valence-corrected chi connectivity index (χ3v) is 17.2. The first-order valence-corrected chi connectivity index (χ1v) is 24.9. The number of hydrogen-bond donors (Lipinski definition) is 3. The van der Waals surface area contributed by atoms with Gasteiger partial charge < -0.3 is 29.6 Å². The minimum Gasteiger partial charge on any atom is -0.540 e. The zero-order valence-electron chi connectivity index (χ0n) is 37.6. The van der Waals surface area contributed by atoms with E-state index in [1.807, 2.05) is 79.7 Å². The predicted molar refractivity (Wildman–Crippen MR) is 254 cm³/mol. The van der Waals surface area contributed by atoms with Crippen LogP contribution in [0, 0.1) is 0 Å². The monoisotopic (exact) mass is 1000 g/mol. The molecule has 0 bridgehead atoms. The number of ether oxygens (including phenoxy) is 2. The number of amides is 4. The van der Waals surface area contributed by atoms with Crippen molar-refractivity contribution in [2.45, 2.75) is 91.8 Å². The molecule has 0 saturated carbocycles. The Kier molecular flexibility index (Phi) is 15.4. The van der Waals surface area contributed by atoms with Gasteiger partial charge in [0, 0.05) is 22.5 Å². The van der Waals surface area contributed by atoms with E-state index < -0.39 is 20.4 Å². The molecule has 4 amide bonds. The van der Waals surface area contributed by atoms with Gasteiger partial charge >= 0.3 is 12.1 Å². The van der Waals surface area contributed by atoms with Crippen molar-refractivity contribution >= 4 is 63.8 Å². The second kappa shape index (κ2) is 20.0. The molecule has 6 rings (SSSR count). The predicted octanol–water partition coefficient (Wildman–Crippen LogP) is 11.3. The maximum absolute atomic E-state index is 13.2. The number of aromatic hydroxyl groups is 1. The van der Waals surface area contributed by atoms with Gasteiger partial charge in [-0.25, -0.2) is 9.59 Å². The first kappa shape index (κ1) is 48.6. The highest BCUT2D eigenvalue weighted by Gasteiger charge is 2.41. The lowest BCUT2D eigenvalue weighted by atomic mass is 9.92. The summed E-state index contributed by atoms with van der Waals surface area (Å²) >= 11 is 6.95. The smallest absolute Gasteiger partial charge is 0.322 e. The van der Waals surface area contributed by atoms with Crippen molar-refractivity contribution in [3.8, 4) is 23.0 Å². The summed E-state index contributed by atoms with van der Waals surface area (Å²) in [6.45, 7) is 18.3. The van der Waals surface area contributed by atoms with Crippen molar-refractivity contribution in [2.24, 2.45) is 0 Å². The van der Waals surface area contributed by atoms with Gasteiger partial charge in [0.1, 0.15) is 0 Å². The maximum atomic E-state index is 13.2. The van der Waals surface area contributed by atoms with Crippen LogP contribution in [0.4, 0.5) is 9.59 Å². The highest BCUT2D eigenvalue weighted by atomic mass is 79.9. The standard InChI is InChI=1S/C27H35BrN2O4Si.C21H21BrN2O4/c1-17-23(18(2)31)24(29-26(32)30(17)16-19-12-10-9-11-13-19)20-14-21(28)25(22(15-20)33-6)34-35(7,8)27(3,4)5;1-12-18(13(2)25)19(15-9-16(22)20(26)17(10-15)28-3)23-21(27)24(12)11-14-7-5-4-6-8-14/h9-15,24H,16H2,1-8H3,(H,29,32);4-10,19,26H,11H2,1-3H3,(H,23,27). The number of hydrogen-bond acceptors (Lipinski definition) is 8. The lowest BCUT2D eigenvalue weighted by Crippen LogP contribution is -2.47. The molecule has 63 heavy (non-hydrogen) atoms. The van der Waals surface area contributed by atoms with Crippen LogP contribution in [0.2, 0.25) is 18.1 Å². The van der Waals surface area contributed by atoms with Crippen LogP contribution in [0.3, 0.4) is 0 Å². The first-order valence-electron chi connectivity index (χ1n) is 20.4. The summed E-state index contributed by atoms with van der Waals surface area (Å²) in [5.74, 6) is 1.18. The van der Waals surface area contributed by atoms with Crippen LogP contribution in [-0.4, -0.2) is 61.1 Å². The molecule has 2 heterocycles. The van der Waals surface area contributed by atoms with Gasteiger partial charge in [-0.1, -0.05) is 81.4 Å². The number of rotatable bonds is 12. The van der Waals surface area contributed by atoms with Crippen LogP contribution >= 0.6 is 31.9 Å². The van der Waals surface area contributed by atoms with Crippen molar-refractivity contribution in [1.82, 2.24) is 20.4 Å². The van der Waals surface area contributed by atoms with Gasteiger partial charge in [0.05, 0.1) is 48.3 Å². The van der Waals surface area contributed by atoms with E-state index in [9.17, 15) is 24.3 Å². The van der Waals surface area contributed by atoms with Gasteiger partial charge in [-0.3, -0.25) is 19.4 Å². The summed E-state index contributed by atoms with van der Waals surface area (Å²) in [6.07, 6.45) is 0. The molecule has 0 radical (unpaired) electrons. The molecular weight excluding hydrogens is 948 g/mol. The zero-order valence-corrected chi connectivity index (χ0v) is 41.8. The van der Waals surface area contributed by atoms with Gasteiger partial charge in [0.15, 0.2) is 34.6 Å². The largest absolute Gasteiger partial charge is 0.540 e. The number of allylic oxidation sites excluding steroid dienone is 2. The number of phenolic OH excluding ortho intramolecular Hbond substituents is 1. The number of ketones is 2. The topological polar surface area (TPSA) is 147 Å². The molecule has 0 saturated heterocycles. The number of methoxy groups -OCH3 is 2. The normalized spacial score (nSPS) is 16.8. The fraction of sp³-hybridized carbons (Fsp3) is 0.333. The molecule has 2 aliphatic heterocycles. The molecule has 4 aromatic carbocycles. The number of nitrogens with zero attached hydrogens (tertiary/aromatic N) is 2. The summed E-state index contributed by atoms with van der Waals surface area (Å²) < 4.78 is 18.6. The number of Topliss-reactive ketones (excluding diaryl/α,β-unsaturated/α-hetero) is 2. The number of carbonyl (C=O) groups is 4. The molecule has 334 valence electrons. The molecule has 4 aromatic rings. The first-order chi connectivity index (χ1) is 29.6. The lowest BCUT2D eigenvalue weighted by Gasteiger charge is -2.38. The molecule has 2 atom stereocenters. The van der Waals surface area contributed by atoms with E-state index >= 15 is 0 Å². The summed E-state index contributed by atoms with van der Waals surface area (Å²) in [5.41, 5.74) is 5.63. The van der Waals surface area contributed by atoms with E-state index in [1.165, 1.54) is 21.0 Å². The highest BCUT2D eigenvalue weighted by molar-refractivity contribution is 9.11. The fourth-order valence-electron chi connectivity index (χ4n) is 7.22.